The Morgan fingerprint density at radius 2 is 2.12 bits per heavy atom. The van der Waals surface area contributed by atoms with Crippen LogP contribution in [0.3, 0.4) is 0 Å². The van der Waals surface area contributed by atoms with Crippen LogP contribution in [0.1, 0.15) is 46.5 Å². The minimum atomic E-state index is 0.269. The zero-order valence-corrected chi connectivity index (χ0v) is 11.2. The van der Waals surface area contributed by atoms with Gasteiger partial charge in [0.15, 0.2) is 0 Å². The van der Waals surface area contributed by atoms with Gasteiger partial charge in [-0.2, -0.15) is 0 Å². The summed E-state index contributed by atoms with van der Waals surface area (Å²) in [5.41, 5.74) is 0. The van der Waals surface area contributed by atoms with Crippen LogP contribution in [0.4, 0.5) is 0 Å². The predicted molar refractivity (Wildman–Crippen MR) is 66.7 cm³/mol. The maximum Gasteiger partial charge on any atom is 0.0693 e. The van der Waals surface area contributed by atoms with Crippen LogP contribution in [0.5, 0.6) is 0 Å². The molecule has 0 saturated carbocycles. The van der Waals surface area contributed by atoms with Gasteiger partial charge in [0.1, 0.15) is 0 Å². The van der Waals surface area contributed by atoms with Crippen LogP contribution in [-0.2, 0) is 9.47 Å². The second kappa shape index (κ2) is 7.25. The average molecular weight is 229 g/mol. The molecule has 1 aliphatic rings. The maximum absolute atomic E-state index is 5.62. The molecule has 0 aromatic carbocycles. The Hall–Kier alpha value is -0.120. The third-order valence-corrected chi connectivity index (χ3v) is 3.57. The predicted octanol–water partition coefficient (Wildman–Crippen LogP) is 2.35. The Kier molecular flexibility index (Phi) is 6.32. The number of hydrogen-bond donors (Lipinski definition) is 1. The molecule has 0 amide bonds. The zero-order chi connectivity index (χ0) is 12.0. The maximum atomic E-state index is 5.62. The van der Waals surface area contributed by atoms with Crippen LogP contribution < -0.4 is 5.32 Å². The zero-order valence-electron chi connectivity index (χ0n) is 11.2. The molecule has 4 unspecified atom stereocenters. The number of methoxy groups -OCH3 is 1. The molecule has 1 N–H and O–H groups in total. The Labute approximate surface area is 99.9 Å². The van der Waals surface area contributed by atoms with E-state index in [1.807, 2.05) is 0 Å². The van der Waals surface area contributed by atoms with E-state index in [9.17, 15) is 0 Å². The van der Waals surface area contributed by atoms with E-state index in [0.717, 1.165) is 6.61 Å². The SMILES string of the molecule is COC(C)C(C)NC(C)CCC1CCCO1. The summed E-state index contributed by atoms with van der Waals surface area (Å²) in [5, 5.41) is 3.57. The fourth-order valence-corrected chi connectivity index (χ4v) is 2.18. The highest BCUT2D eigenvalue weighted by Gasteiger charge is 2.18. The molecule has 3 heteroatoms. The first-order valence-electron chi connectivity index (χ1n) is 6.54. The van der Waals surface area contributed by atoms with E-state index in [1.54, 1.807) is 7.11 Å². The van der Waals surface area contributed by atoms with Crippen molar-refractivity contribution in [3.8, 4) is 0 Å². The lowest BCUT2D eigenvalue weighted by atomic mass is 10.1. The minimum absolute atomic E-state index is 0.269. The fraction of sp³-hybridized carbons (Fsp3) is 1.00. The molecule has 1 fully saturated rings. The van der Waals surface area contributed by atoms with Gasteiger partial charge >= 0.3 is 0 Å². The summed E-state index contributed by atoms with van der Waals surface area (Å²) >= 11 is 0. The van der Waals surface area contributed by atoms with Crippen LogP contribution in [0.2, 0.25) is 0 Å². The van der Waals surface area contributed by atoms with Gasteiger partial charge in [0, 0.05) is 25.8 Å². The quantitative estimate of drug-likeness (QED) is 0.727. The van der Waals surface area contributed by atoms with Gasteiger partial charge < -0.3 is 14.8 Å². The molecule has 0 aromatic rings. The van der Waals surface area contributed by atoms with Crippen LogP contribution in [0.15, 0.2) is 0 Å². The molecule has 0 bridgehead atoms. The molecule has 0 aliphatic carbocycles. The number of nitrogens with one attached hydrogen (secondary N) is 1. The third-order valence-electron chi connectivity index (χ3n) is 3.57. The number of rotatable bonds is 7. The molecule has 1 heterocycles. The second-order valence-electron chi connectivity index (χ2n) is 5.01. The molecular formula is C13H27NO2. The lowest BCUT2D eigenvalue weighted by molar-refractivity contribution is 0.0800. The largest absolute Gasteiger partial charge is 0.380 e. The van der Waals surface area contributed by atoms with Crippen molar-refractivity contribution in [3.63, 3.8) is 0 Å². The minimum Gasteiger partial charge on any atom is -0.380 e. The second-order valence-corrected chi connectivity index (χ2v) is 5.01. The molecule has 4 atom stereocenters. The van der Waals surface area contributed by atoms with Crippen LogP contribution in [0, 0.1) is 0 Å². The van der Waals surface area contributed by atoms with Crippen molar-refractivity contribution in [2.24, 2.45) is 0 Å². The molecule has 16 heavy (non-hydrogen) atoms. The van der Waals surface area contributed by atoms with Crippen molar-refractivity contribution >= 4 is 0 Å². The Balaban J connectivity index is 2.11. The van der Waals surface area contributed by atoms with Gasteiger partial charge in [-0.15, -0.1) is 0 Å². The highest BCUT2D eigenvalue weighted by Crippen LogP contribution is 2.17. The first kappa shape index (κ1) is 13.9. The van der Waals surface area contributed by atoms with Crippen LogP contribution in [0.25, 0.3) is 0 Å². The number of ether oxygens (including phenoxy) is 2. The average Bonchev–Trinajstić information content (AvgIpc) is 2.78. The van der Waals surface area contributed by atoms with Crippen molar-refractivity contribution in [1.82, 2.24) is 5.32 Å². The molecule has 0 aromatic heterocycles. The van der Waals surface area contributed by atoms with Crippen LogP contribution >= 0.6 is 0 Å². The summed E-state index contributed by atoms with van der Waals surface area (Å²) in [4.78, 5) is 0. The van der Waals surface area contributed by atoms with E-state index >= 15 is 0 Å². The molecule has 1 rings (SSSR count). The highest BCUT2D eigenvalue weighted by molar-refractivity contribution is 4.74. The summed E-state index contributed by atoms with van der Waals surface area (Å²) in [5.74, 6) is 0. The molecular weight excluding hydrogens is 202 g/mol. The molecule has 1 aliphatic heterocycles. The van der Waals surface area contributed by atoms with E-state index in [4.69, 9.17) is 9.47 Å². The summed E-state index contributed by atoms with van der Waals surface area (Å²) in [7, 11) is 1.76. The van der Waals surface area contributed by atoms with Gasteiger partial charge in [-0.25, -0.2) is 0 Å². The summed E-state index contributed by atoms with van der Waals surface area (Å²) in [6.45, 7) is 7.48. The van der Waals surface area contributed by atoms with Gasteiger partial charge in [0.2, 0.25) is 0 Å². The lowest BCUT2D eigenvalue weighted by Crippen LogP contribution is -2.42. The van der Waals surface area contributed by atoms with E-state index in [-0.39, 0.29) is 6.10 Å². The molecule has 1 saturated heterocycles. The smallest absolute Gasteiger partial charge is 0.0693 e. The van der Waals surface area contributed by atoms with Gasteiger partial charge in [-0.1, -0.05) is 0 Å². The standard InChI is InChI=1S/C13H27NO2/c1-10(14-11(2)12(3)15-4)7-8-13-6-5-9-16-13/h10-14H,5-9H2,1-4H3. The van der Waals surface area contributed by atoms with E-state index in [1.165, 1.54) is 25.7 Å². The van der Waals surface area contributed by atoms with Crippen molar-refractivity contribution in [2.75, 3.05) is 13.7 Å². The van der Waals surface area contributed by atoms with E-state index in [0.29, 0.717) is 18.2 Å². The Bertz CT molecular complexity index is 181. The molecule has 0 radical (unpaired) electrons. The normalized spacial score (nSPS) is 26.6. The van der Waals surface area contributed by atoms with Gasteiger partial charge in [-0.3, -0.25) is 0 Å². The topological polar surface area (TPSA) is 30.5 Å². The summed E-state index contributed by atoms with van der Waals surface area (Å²) in [6, 6.07) is 0.946. The molecule has 3 nitrogen and oxygen atoms in total. The lowest BCUT2D eigenvalue weighted by Gasteiger charge is -2.25. The monoisotopic (exact) mass is 229 g/mol. The number of hydrogen-bond acceptors (Lipinski definition) is 3. The van der Waals surface area contributed by atoms with Crippen molar-refractivity contribution in [2.45, 2.75) is 70.7 Å². The van der Waals surface area contributed by atoms with Gasteiger partial charge in [0.05, 0.1) is 12.2 Å². The molecule has 96 valence electrons. The third kappa shape index (κ3) is 4.81. The van der Waals surface area contributed by atoms with E-state index < -0.39 is 0 Å². The van der Waals surface area contributed by atoms with Gasteiger partial charge in [0.25, 0.3) is 0 Å². The first-order valence-corrected chi connectivity index (χ1v) is 6.54. The summed E-state index contributed by atoms with van der Waals surface area (Å²) < 4.78 is 10.9. The first-order chi connectivity index (χ1) is 7.63. The summed E-state index contributed by atoms with van der Waals surface area (Å²) in [6.07, 6.45) is 5.64. The molecule has 0 spiro atoms. The van der Waals surface area contributed by atoms with Crippen molar-refractivity contribution in [3.05, 3.63) is 0 Å². The van der Waals surface area contributed by atoms with E-state index in [2.05, 4.69) is 26.1 Å². The highest BCUT2D eigenvalue weighted by atomic mass is 16.5. The fourth-order valence-electron chi connectivity index (χ4n) is 2.18. The Morgan fingerprint density at radius 3 is 2.69 bits per heavy atom. The van der Waals surface area contributed by atoms with Crippen molar-refractivity contribution < 1.29 is 9.47 Å². The van der Waals surface area contributed by atoms with Crippen molar-refractivity contribution in [1.29, 1.82) is 0 Å². The Morgan fingerprint density at radius 1 is 1.38 bits per heavy atom. The van der Waals surface area contributed by atoms with Gasteiger partial charge in [-0.05, 0) is 46.5 Å². The van der Waals surface area contributed by atoms with Crippen LogP contribution in [-0.4, -0.2) is 38.0 Å².